The molecule has 4 rings (SSSR count). The number of para-hydroxylation sites is 2. The summed E-state index contributed by atoms with van der Waals surface area (Å²) >= 11 is 0. The van der Waals surface area contributed by atoms with Crippen LogP contribution < -0.4 is 9.80 Å². The molecule has 5 nitrogen and oxygen atoms in total. The number of hydrogen-bond acceptors (Lipinski definition) is 3. The zero-order valence-electron chi connectivity index (χ0n) is 15.7. The maximum absolute atomic E-state index is 12.6. The predicted octanol–water partition coefficient (Wildman–Crippen LogP) is 3.30. The largest absolute Gasteiger partial charge is 0.362 e. The van der Waals surface area contributed by atoms with E-state index in [2.05, 4.69) is 26.0 Å². The van der Waals surface area contributed by atoms with Gasteiger partial charge >= 0.3 is 0 Å². The van der Waals surface area contributed by atoms with Gasteiger partial charge in [-0.1, -0.05) is 50.2 Å². The molecule has 2 aromatic rings. The van der Waals surface area contributed by atoms with Gasteiger partial charge in [0.25, 0.3) is 11.8 Å². The molecule has 0 aliphatic carbocycles. The van der Waals surface area contributed by atoms with Crippen molar-refractivity contribution in [3.63, 3.8) is 0 Å². The minimum atomic E-state index is -0.102. The first-order chi connectivity index (χ1) is 13.1. The number of rotatable bonds is 4. The van der Waals surface area contributed by atoms with Gasteiger partial charge in [-0.05, 0) is 23.3 Å². The van der Waals surface area contributed by atoms with Gasteiger partial charge in [0.1, 0.15) is 13.2 Å². The first kappa shape index (κ1) is 17.7. The Morgan fingerprint density at radius 2 is 1.22 bits per heavy atom. The Morgan fingerprint density at radius 1 is 0.815 bits per heavy atom. The van der Waals surface area contributed by atoms with Crippen LogP contribution >= 0.6 is 0 Å². The minimum absolute atomic E-state index is 0.0855. The number of carbonyl (C=O) groups is 2. The summed E-state index contributed by atoms with van der Waals surface area (Å²) in [5.41, 5.74) is 4.27. The fraction of sp³-hybridized carbons (Fsp3) is 0.364. The van der Waals surface area contributed by atoms with Crippen LogP contribution in [0, 0.1) is 0 Å². The quantitative estimate of drug-likeness (QED) is 0.836. The van der Waals surface area contributed by atoms with Crippen LogP contribution in [0.15, 0.2) is 48.5 Å². The van der Waals surface area contributed by atoms with E-state index >= 15 is 0 Å². The van der Waals surface area contributed by atoms with Gasteiger partial charge in [-0.2, -0.15) is 0 Å². The van der Waals surface area contributed by atoms with E-state index in [1.165, 1.54) is 11.1 Å². The summed E-state index contributed by atoms with van der Waals surface area (Å²) in [4.78, 5) is 28.7. The molecule has 0 saturated heterocycles. The highest BCUT2D eigenvalue weighted by Gasteiger charge is 2.31. The Bertz CT molecular complexity index is 808. The van der Waals surface area contributed by atoms with E-state index in [1.54, 1.807) is 9.80 Å². The molecule has 0 N–H and O–H groups in total. The van der Waals surface area contributed by atoms with Crippen molar-refractivity contribution >= 4 is 23.2 Å². The lowest BCUT2D eigenvalue weighted by molar-refractivity contribution is -0.128. The summed E-state index contributed by atoms with van der Waals surface area (Å²) < 4.78 is 5.50. The van der Waals surface area contributed by atoms with Crippen molar-refractivity contribution in [3.8, 4) is 0 Å². The van der Waals surface area contributed by atoms with Crippen molar-refractivity contribution in [1.82, 2.24) is 0 Å². The van der Waals surface area contributed by atoms with Crippen LogP contribution in [-0.4, -0.2) is 38.1 Å². The number of ether oxygens (including phenoxy) is 1. The summed E-state index contributed by atoms with van der Waals surface area (Å²) in [5.74, 6) is 0.424. The summed E-state index contributed by atoms with van der Waals surface area (Å²) in [6.45, 7) is 5.37. The van der Waals surface area contributed by atoms with Gasteiger partial charge in [0.15, 0.2) is 0 Å². The number of hydrogen-bond donors (Lipinski definition) is 0. The SMILES string of the molecule is C[C@H]1CN(C(=O)COCC(=O)N2C[C@H](C)c3ccccc32)c2ccccc21. The topological polar surface area (TPSA) is 49.9 Å². The van der Waals surface area contributed by atoms with Gasteiger partial charge in [-0.3, -0.25) is 9.59 Å². The number of anilines is 2. The van der Waals surface area contributed by atoms with Crippen molar-refractivity contribution in [2.24, 2.45) is 0 Å². The number of benzene rings is 2. The predicted molar refractivity (Wildman–Crippen MR) is 105 cm³/mol. The summed E-state index contributed by atoms with van der Waals surface area (Å²) in [6, 6.07) is 15.9. The van der Waals surface area contributed by atoms with E-state index in [9.17, 15) is 9.59 Å². The molecule has 0 spiro atoms. The molecule has 0 aromatic heterocycles. The van der Waals surface area contributed by atoms with Crippen molar-refractivity contribution in [2.75, 3.05) is 36.1 Å². The summed E-state index contributed by atoms with van der Waals surface area (Å²) in [5, 5.41) is 0. The van der Waals surface area contributed by atoms with Crippen LogP contribution in [0.5, 0.6) is 0 Å². The molecule has 2 amide bonds. The highest BCUT2D eigenvalue weighted by molar-refractivity contribution is 5.98. The average molecular weight is 364 g/mol. The molecular weight excluding hydrogens is 340 g/mol. The van der Waals surface area contributed by atoms with Gasteiger partial charge < -0.3 is 14.5 Å². The molecule has 0 unspecified atom stereocenters. The lowest BCUT2D eigenvalue weighted by Gasteiger charge is -2.19. The van der Waals surface area contributed by atoms with Crippen molar-refractivity contribution in [1.29, 1.82) is 0 Å². The molecule has 0 radical (unpaired) electrons. The number of carbonyl (C=O) groups excluding carboxylic acids is 2. The van der Waals surface area contributed by atoms with Crippen LogP contribution in [-0.2, 0) is 14.3 Å². The molecule has 2 aromatic carbocycles. The zero-order valence-corrected chi connectivity index (χ0v) is 15.7. The lowest BCUT2D eigenvalue weighted by atomic mass is 10.0. The first-order valence-corrected chi connectivity index (χ1v) is 9.42. The molecule has 27 heavy (non-hydrogen) atoms. The Kier molecular flexibility index (Phi) is 4.70. The first-order valence-electron chi connectivity index (χ1n) is 9.42. The van der Waals surface area contributed by atoms with E-state index in [4.69, 9.17) is 4.74 Å². The van der Waals surface area contributed by atoms with Crippen LogP contribution in [0.25, 0.3) is 0 Å². The van der Waals surface area contributed by atoms with Gasteiger partial charge in [-0.25, -0.2) is 0 Å². The Hall–Kier alpha value is -2.66. The van der Waals surface area contributed by atoms with Gasteiger partial charge in [-0.15, -0.1) is 0 Å². The molecule has 2 heterocycles. The molecular formula is C22H24N2O3. The van der Waals surface area contributed by atoms with E-state index in [-0.39, 0.29) is 25.0 Å². The third-order valence-electron chi connectivity index (χ3n) is 5.48. The summed E-state index contributed by atoms with van der Waals surface area (Å²) in [7, 11) is 0. The normalized spacial score (nSPS) is 20.5. The molecule has 0 bridgehead atoms. The Labute approximate surface area is 159 Å². The minimum Gasteiger partial charge on any atom is -0.362 e. The Morgan fingerprint density at radius 3 is 1.67 bits per heavy atom. The monoisotopic (exact) mass is 364 g/mol. The second kappa shape index (κ2) is 7.16. The molecule has 140 valence electrons. The number of nitrogens with zero attached hydrogens (tertiary/aromatic N) is 2. The second-order valence-electron chi connectivity index (χ2n) is 7.42. The highest BCUT2D eigenvalue weighted by atomic mass is 16.5. The summed E-state index contributed by atoms with van der Waals surface area (Å²) in [6.07, 6.45) is 0. The molecule has 2 aliphatic rings. The number of fused-ring (bicyclic) bond motifs is 2. The van der Waals surface area contributed by atoms with E-state index < -0.39 is 0 Å². The molecule has 2 aliphatic heterocycles. The maximum Gasteiger partial charge on any atom is 0.253 e. The fourth-order valence-corrected chi connectivity index (χ4v) is 4.10. The molecule has 2 atom stereocenters. The van der Waals surface area contributed by atoms with Gasteiger partial charge in [0.05, 0.1) is 0 Å². The van der Waals surface area contributed by atoms with Crippen LogP contribution in [0.4, 0.5) is 11.4 Å². The maximum atomic E-state index is 12.6. The van der Waals surface area contributed by atoms with E-state index in [0.717, 1.165) is 11.4 Å². The van der Waals surface area contributed by atoms with Crippen molar-refractivity contribution in [3.05, 3.63) is 59.7 Å². The van der Waals surface area contributed by atoms with Gasteiger partial charge in [0.2, 0.25) is 0 Å². The fourth-order valence-electron chi connectivity index (χ4n) is 4.10. The van der Waals surface area contributed by atoms with E-state index in [0.29, 0.717) is 24.9 Å². The third-order valence-corrected chi connectivity index (χ3v) is 5.48. The standard InChI is InChI=1S/C22H24N2O3/c1-15-11-23(19-9-5-3-7-17(15)19)21(25)13-27-14-22(26)24-12-16(2)18-8-4-6-10-20(18)24/h3-10,15-16H,11-14H2,1-2H3/t15-,16-/m0/s1. The second-order valence-corrected chi connectivity index (χ2v) is 7.42. The van der Waals surface area contributed by atoms with Crippen LogP contribution in [0.1, 0.15) is 36.8 Å². The zero-order chi connectivity index (χ0) is 19.0. The Balaban J connectivity index is 1.34. The molecule has 0 fully saturated rings. The average Bonchev–Trinajstić information content (AvgIpc) is 3.20. The van der Waals surface area contributed by atoms with Crippen LogP contribution in [0.3, 0.4) is 0 Å². The molecule has 0 saturated carbocycles. The number of amides is 2. The van der Waals surface area contributed by atoms with Gasteiger partial charge in [0, 0.05) is 36.3 Å². The lowest BCUT2D eigenvalue weighted by Crippen LogP contribution is -2.36. The van der Waals surface area contributed by atoms with E-state index in [1.807, 2.05) is 36.4 Å². The smallest absolute Gasteiger partial charge is 0.253 e. The van der Waals surface area contributed by atoms with Crippen LogP contribution in [0.2, 0.25) is 0 Å². The highest BCUT2D eigenvalue weighted by Crippen LogP contribution is 2.36. The van der Waals surface area contributed by atoms with Crippen molar-refractivity contribution < 1.29 is 14.3 Å². The van der Waals surface area contributed by atoms with Crippen molar-refractivity contribution in [2.45, 2.75) is 25.7 Å². The molecule has 5 heteroatoms. The third kappa shape index (κ3) is 3.23.